The molecule has 3 unspecified atom stereocenters. The maximum absolute atomic E-state index is 14.8. The Kier molecular flexibility index (Phi) is 5.73. The molecule has 3 atom stereocenters. The summed E-state index contributed by atoms with van der Waals surface area (Å²) in [4.78, 5) is 17.5. The number of carbonyl (C=O) groups excluding carboxylic acids is 1. The summed E-state index contributed by atoms with van der Waals surface area (Å²) in [7, 11) is 0. The molecule has 1 heterocycles. The van der Waals surface area contributed by atoms with Crippen LogP contribution in [0.3, 0.4) is 0 Å². The van der Waals surface area contributed by atoms with Gasteiger partial charge in [0, 0.05) is 9.77 Å². The molecule has 3 rings (SSSR count). The Morgan fingerprint density at radius 2 is 2.04 bits per heavy atom. The average Bonchev–Trinajstić information content (AvgIpc) is 2.61. The highest BCUT2D eigenvalue weighted by Crippen LogP contribution is 2.37. The van der Waals surface area contributed by atoms with Gasteiger partial charge in [0.1, 0.15) is 11.9 Å². The number of primary amides is 1. The van der Waals surface area contributed by atoms with Crippen molar-refractivity contribution in [2.45, 2.75) is 37.5 Å². The molecule has 2 aromatic rings. The lowest BCUT2D eigenvalue weighted by Gasteiger charge is -2.41. The number of aliphatic hydroxyl groups is 2. The van der Waals surface area contributed by atoms with E-state index in [0.717, 1.165) is 0 Å². The Bertz CT molecular complexity index is 820. The van der Waals surface area contributed by atoms with E-state index in [1.54, 1.807) is 12.1 Å². The molecule has 1 aromatic heterocycles. The fourth-order valence-corrected chi connectivity index (χ4v) is 3.82. The molecule has 1 amide bonds. The fourth-order valence-electron chi connectivity index (χ4n) is 3.37. The van der Waals surface area contributed by atoms with Crippen LogP contribution in [0.2, 0.25) is 0 Å². The quantitative estimate of drug-likeness (QED) is 0.595. The second kappa shape index (κ2) is 7.85. The molecular weight excluding hydrogens is 452 g/mol. The zero-order valence-corrected chi connectivity index (χ0v) is 16.0. The average molecular weight is 471 g/mol. The molecule has 6 nitrogen and oxygen atoms in total. The van der Waals surface area contributed by atoms with Gasteiger partial charge in [-0.05, 0) is 66.1 Å². The number of rotatable bonds is 4. The normalized spacial score (nSPS) is 22.8. The molecule has 0 aliphatic heterocycles. The third-order valence-electron chi connectivity index (χ3n) is 4.61. The van der Waals surface area contributed by atoms with Crippen LogP contribution in [0, 0.1) is 9.39 Å². The maximum Gasteiger partial charge on any atom is 0.250 e. The third kappa shape index (κ3) is 3.67. The smallest absolute Gasteiger partial charge is 0.250 e. The first kappa shape index (κ1) is 19.0. The van der Waals surface area contributed by atoms with E-state index in [4.69, 9.17) is 5.73 Å². The Hall–Kier alpha value is -1.78. The lowest BCUT2D eigenvalue weighted by atomic mass is 9.88. The predicted molar refractivity (Wildman–Crippen MR) is 104 cm³/mol. The van der Waals surface area contributed by atoms with Gasteiger partial charge in [-0.1, -0.05) is 0 Å². The zero-order chi connectivity index (χ0) is 18.8. The van der Waals surface area contributed by atoms with Gasteiger partial charge in [-0.25, -0.2) is 4.39 Å². The molecule has 4 N–H and O–H groups in total. The van der Waals surface area contributed by atoms with Gasteiger partial charge in [0.15, 0.2) is 0 Å². The minimum Gasteiger partial charge on any atom is -0.390 e. The van der Waals surface area contributed by atoms with Crippen LogP contribution in [-0.4, -0.2) is 39.4 Å². The molecule has 8 heteroatoms. The standard InChI is InChI=1S/C18H19FIN3O3/c19-12-8-10(20)4-5-13(12)23(14-2-1-3-16(24)17(14)25)15-9-22-7-6-11(15)18(21)26/h4-9,14,16-17,24-25H,1-3H2,(H2,21,26). The number of amides is 1. The van der Waals surface area contributed by atoms with Crippen LogP contribution in [0.4, 0.5) is 15.8 Å². The number of aromatic nitrogens is 1. The molecular formula is C18H19FIN3O3. The highest BCUT2D eigenvalue weighted by Gasteiger charge is 2.37. The van der Waals surface area contributed by atoms with Crippen molar-refractivity contribution >= 4 is 39.9 Å². The molecule has 1 aliphatic rings. The first-order valence-electron chi connectivity index (χ1n) is 8.24. The number of carbonyl (C=O) groups is 1. The molecule has 0 radical (unpaired) electrons. The summed E-state index contributed by atoms with van der Waals surface area (Å²) < 4.78 is 15.5. The highest BCUT2D eigenvalue weighted by atomic mass is 127. The largest absolute Gasteiger partial charge is 0.390 e. The topological polar surface area (TPSA) is 99.7 Å². The number of hydrogen-bond acceptors (Lipinski definition) is 5. The van der Waals surface area contributed by atoms with Crippen molar-refractivity contribution in [3.8, 4) is 0 Å². The van der Waals surface area contributed by atoms with E-state index in [-0.39, 0.29) is 11.3 Å². The van der Waals surface area contributed by atoms with Gasteiger partial charge < -0.3 is 20.8 Å². The summed E-state index contributed by atoms with van der Waals surface area (Å²) in [5, 5.41) is 20.7. The number of nitrogens with two attached hydrogens (primary N) is 1. The van der Waals surface area contributed by atoms with Gasteiger partial charge in [-0.15, -0.1) is 0 Å². The highest BCUT2D eigenvalue weighted by molar-refractivity contribution is 14.1. The van der Waals surface area contributed by atoms with Crippen LogP contribution in [0.15, 0.2) is 36.7 Å². The predicted octanol–water partition coefficient (Wildman–Crippen LogP) is 2.34. The Balaban J connectivity index is 2.18. The molecule has 1 aliphatic carbocycles. The fraction of sp³-hybridized carbons (Fsp3) is 0.333. The van der Waals surface area contributed by atoms with Crippen molar-refractivity contribution in [2.24, 2.45) is 5.73 Å². The van der Waals surface area contributed by atoms with Gasteiger partial charge in [0.05, 0.1) is 35.3 Å². The maximum atomic E-state index is 14.8. The van der Waals surface area contributed by atoms with Crippen LogP contribution in [0.25, 0.3) is 0 Å². The van der Waals surface area contributed by atoms with E-state index < -0.39 is 30.0 Å². The van der Waals surface area contributed by atoms with E-state index in [0.29, 0.717) is 28.5 Å². The van der Waals surface area contributed by atoms with Crippen molar-refractivity contribution in [3.63, 3.8) is 0 Å². The van der Waals surface area contributed by atoms with E-state index in [2.05, 4.69) is 4.98 Å². The lowest BCUT2D eigenvalue weighted by Crippen LogP contribution is -2.50. The number of nitrogens with zero attached hydrogens (tertiary/aromatic N) is 2. The summed E-state index contributed by atoms with van der Waals surface area (Å²) >= 11 is 2.01. The number of pyridine rings is 1. The van der Waals surface area contributed by atoms with Crippen molar-refractivity contribution in [1.29, 1.82) is 0 Å². The molecule has 1 fully saturated rings. The van der Waals surface area contributed by atoms with Gasteiger partial charge in [0.25, 0.3) is 5.91 Å². The summed E-state index contributed by atoms with van der Waals surface area (Å²) in [5.41, 5.74) is 6.15. The number of anilines is 2. The van der Waals surface area contributed by atoms with Gasteiger partial charge in [-0.2, -0.15) is 0 Å². The second-order valence-corrected chi connectivity index (χ2v) is 7.52. The summed E-state index contributed by atoms with van der Waals surface area (Å²) in [6, 6.07) is 5.53. The number of halogens is 2. The third-order valence-corrected chi connectivity index (χ3v) is 5.29. The van der Waals surface area contributed by atoms with Gasteiger partial charge in [0.2, 0.25) is 0 Å². The first-order valence-corrected chi connectivity index (χ1v) is 9.32. The molecule has 0 bridgehead atoms. The summed E-state index contributed by atoms with van der Waals surface area (Å²) in [6.45, 7) is 0. The van der Waals surface area contributed by atoms with Crippen molar-refractivity contribution in [2.75, 3.05) is 4.90 Å². The molecule has 0 spiro atoms. The van der Waals surface area contributed by atoms with Crippen molar-refractivity contribution in [3.05, 3.63) is 51.6 Å². The zero-order valence-electron chi connectivity index (χ0n) is 13.8. The Morgan fingerprint density at radius 1 is 1.27 bits per heavy atom. The van der Waals surface area contributed by atoms with E-state index in [1.165, 1.54) is 29.4 Å². The molecule has 26 heavy (non-hydrogen) atoms. The van der Waals surface area contributed by atoms with Crippen LogP contribution >= 0.6 is 22.6 Å². The first-order chi connectivity index (χ1) is 12.4. The van der Waals surface area contributed by atoms with Crippen molar-refractivity contribution in [1.82, 2.24) is 4.98 Å². The van der Waals surface area contributed by atoms with Crippen molar-refractivity contribution < 1.29 is 19.4 Å². The van der Waals surface area contributed by atoms with Gasteiger partial charge >= 0.3 is 0 Å². The number of benzene rings is 1. The molecule has 1 saturated carbocycles. The van der Waals surface area contributed by atoms with Crippen LogP contribution in [-0.2, 0) is 0 Å². The Morgan fingerprint density at radius 3 is 2.73 bits per heavy atom. The molecule has 1 aromatic carbocycles. The Labute approximate surface area is 164 Å². The minimum absolute atomic E-state index is 0.171. The summed E-state index contributed by atoms with van der Waals surface area (Å²) in [6.07, 6.45) is 2.49. The van der Waals surface area contributed by atoms with Crippen LogP contribution < -0.4 is 10.6 Å². The van der Waals surface area contributed by atoms with E-state index in [1.807, 2.05) is 22.6 Å². The second-order valence-electron chi connectivity index (χ2n) is 6.28. The van der Waals surface area contributed by atoms with Gasteiger partial charge in [-0.3, -0.25) is 9.78 Å². The monoisotopic (exact) mass is 471 g/mol. The minimum atomic E-state index is -1.09. The molecule has 138 valence electrons. The summed E-state index contributed by atoms with van der Waals surface area (Å²) in [5.74, 6) is -1.17. The number of aliphatic hydroxyl groups excluding tert-OH is 2. The number of hydrogen-bond donors (Lipinski definition) is 3. The van der Waals surface area contributed by atoms with E-state index in [9.17, 15) is 19.4 Å². The SMILES string of the molecule is NC(=O)c1ccncc1N(c1ccc(I)cc1F)C1CCCC(O)C1O. The lowest BCUT2D eigenvalue weighted by molar-refractivity contribution is -0.0205. The van der Waals surface area contributed by atoms with Crippen LogP contribution in [0.5, 0.6) is 0 Å². The molecule has 0 saturated heterocycles. The van der Waals surface area contributed by atoms with Crippen LogP contribution in [0.1, 0.15) is 29.6 Å². The van der Waals surface area contributed by atoms with E-state index >= 15 is 0 Å².